The molecule has 2 N–H and O–H groups in total. The number of carboxylic acid groups (broad SMARTS) is 1. The predicted octanol–water partition coefficient (Wildman–Crippen LogP) is 2.21. The first-order chi connectivity index (χ1) is 6.58. The summed E-state index contributed by atoms with van der Waals surface area (Å²) in [5.41, 5.74) is 1.95. The molecule has 4 heteroatoms. The number of aryl methyl sites for hydroxylation is 1. The van der Waals surface area contributed by atoms with Gasteiger partial charge in [0.05, 0.1) is 0 Å². The van der Waals surface area contributed by atoms with Crippen molar-refractivity contribution in [1.82, 2.24) is 0 Å². The van der Waals surface area contributed by atoms with Gasteiger partial charge in [0.25, 0.3) is 0 Å². The monoisotopic (exact) mass is 193 g/mol. The van der Waals surface area contributed by atoms with E-state index < -0.39 is 6.16 Å². The van der Waals surface area contributed by atoms with E-state index in [1.807, 2.05) is 31.2 Å². The maximum Gasteiger partial charge on any atom is 0.512 e. The van der Waals surface area contributed by atoms with Crippen molar-refractivity contribution in [2.24, 2.45) is 0 Å². The number of ether oxygens (including phenoxy) is 1. The van der Waals surface area contributed by atoms with E-state index in [9.17, 15) is 4.79 Å². The van der Waals surface area contributed by atoms with Gasteiger partial charge in [-0.05, 0) is 12.5 Å². The van der Waals surface area contributed by atoms with Crippen molar-refractivity contribution in [2.75, 3.05) is 0 Å². The molecular formula is C10H11NO3. The van der Waals surface area contributed by atoms with Crippen LogP contribution in [0.2, 0.25) is 0 Å². The molecule has 4 nitrogen and oxygen atoms in total. The lowest BCUT2D eigenvalue weighted by atomic mass is 10.1. The molecule has 0 aliphatic rings. The van der Waals surface area contributed by atoms with Crippen molar-refractivity contribution in [3.05, 3.63) is 35.4 Å². The van der Waals surface area contributed by atoms with Crippen LogP contribution in [0.5, 0.6) is 0 Å². The maximum atomic E-state index is 10.1. The normalized spacial score (nSPS) is 9.50. The smallest absolute Gasteiger partial charge is 0.449 e. The van der Waals surface area contributed by atoms with Gasteiger partial charge in [0.1, 0.15) is 0 Å². The highest BCUT2D eigenvalue weighted by atomic mass is 16.7. The molecule has 0 saturated carbocycles. The van der Waals surface area contributed by atoms with Crippen molar-refractivity contribution < 1.29 is 14.6 Å². The van der Waals surface area contributed by atoms with Crippen LogP contribution in [0.1, 0.15) is 11.1 Å². The molecule has 1 aromatic carbocycles. The summed E-state index contributed by atoms with van der Waals surface area (Å²) in [5.74, 6) is -0.261. The second-order valence-electron chi connectivity index (χ2n) is 2.96. The van der Waals surface area contributed by atoms with Gasteiger partial charge < -0.3 is 9.84 Å². The summed E-state index contributed by atoms with van der Waals surface area (Å²) in [7, 11) is 0. The van der Waals surface area contributed by atoms with Crippen LogP contribution in [-0.2, 0) is 11.2 Å². The van der Waals surface area contributed by atoms with Crippen LogP contribution < -0.4 is 0 Å². The van der Waals surface area contributed by atoms with E-state index in [0.29, 0.717) is 0 Å². The molecule has 0 radical (unpaired) electrons. The Balaban J connectivity index is 2.60. The lowest BCUT2D eigenvalue weighted by Gasteiger charge is -2.02. The first kappa shape index (κ1) is 10.2. The molecule has 0 bridgehead atoms. The zero-order valence-corrected chi connectivity index (χ0v) is 7.78. The molecule has 74 valence electrons. The Labute approximate surface area is 81.6 Å². The van der Waals surface area contributed by atoms with Crippen molar-refractivity contribution >= 4 is 12.1 Å². The third kappa shape index (κ3) is 3.26. The average Bonchev–Trinajstić information content (AvgIpc) is 2.01. The predicted molar refractivity (Wildman–Crippen MR) is 51.7 cm³/mol. The van der Waals surface area contributed by atoms with Crippen molar-refractivity contribution in [2.45, 2.75) is 13.3 Å². The van der Waals surface area contributed by atoms with E-state index in [1.165, 1.54) is 0 Å². The quantitative estimate of drug-likeness (QED) is 0.429. The fraction of sp³-hybridized carbons (Fsp3) is 0.200. The number of benzene rings is 1. The fourth-order valence-corrected chi connectivity index (χ4v) is 1.15. The van der Waals surface area contributed by atoms with Gasteiger partial charge in [0.2, 0.25) is 0 Å². The summed E-state index contributed by atoms with van der Waals surface area (Å²) in [6.07, 6.45) is -1.24. The van der Waals surface area contributed by atoms with Crippen LogP contribution in [0.15, 0.2) is 24.3 Å². The molecule has 0 unspecified atom stereocenters. The van der Waals surface area contributed by atoms with E-state index >= 15 is 0 Å². The Hall–Kier alpha value is -1.84. The summed E-state index contributed by atoms with van der Waals surface area (Å²) < 4.78 is 4.19. The number of hydrogen-bond acceptors (Lipinski definition) is 3. The van der Waals surface area contributed by atoms with Crippen LogP contribution >= 0.6 is 0 Å². The first-order valence-electron chi connectivity index (χ1n) is 4.11. The molecule has 0 aromatic heterocycles. The molecule has 0 atom stereocenters. The Bertz CT molecular complexity index is 360. The highest BCUT2D eigenvalue weighted by Crippen LogP contribution is 2.05. The Morgan fingerprint density at radius 3 is 2.86 bits per heavy atom. The molecule has 0 aliphatic carbocycles. The van der Waals surface area contributed by atoms with Gasteiger partial charge in [-0.15, -0.1) is 0 Å². The zero-order valence-electron chi connectivity index (χ0n) is 7.78. The summed E-state index contributed by atoms with van der Waals surface area (Å²) in [5, 5.41) is 15.5. The Morgan fingerprint density at radius 1 is 1.57 bits per heavy atom. The van der Waals surface area contributed by atoms with Crippen molar-refractivity contribution in [1.29, 1.82) is 5.41 Å². The van der Waals surface area contributed by atoms with Gasteiger partial charge >= 0.3 is 6.16 Å². The van der Waals surface area contributed by atoms with E-state index in [0.717, 1.165) is 11.1 Å². The van der Waals surface area contributed by atoms with Gasteiger partial charge in [-0.1, -0.05) is 29.8 Å². The number of carbonyl (C=O) groups is 1. The molecule has 1 rings (SSSR count). The topological polar surface area (TPSA) is 70.4 Å². The summed E-state index contributed by atoms with van der Waals surface area (Å²) in [6.45, 7) is 1.94. The zero-order chi connectivity index (χ0) is 10.6. The maximum absolute atomic E-state index is 10.1. The van der Waals surface area contributed by atoms with Crippen LogP contribution in [0.4, 0.5) is 4.79 Å². The lowest BCUT2D eigenvalue weighted by molar-refractivity contribution is 0.139. The molecule has 0 aliphatic heterocycles. The van der Waals surface area contributed by atoms with Crippen LogP contribution in [0.25, 0.3) is 0 Å². The van der Waals surface area contributed by atoms with E-state index in [4.69, 9.17) is 10.5 Å². The second kappa shape index (κ2) is 4.41. The highest BCUT2D eigenvalue weighted by Gasteiger charge is 2.05. The number of nitrogens with one attached hydrogen (secondary N) is 1. The number of rotatable bonds is 2. The standard InChI is InChI=1S/C10H11NO3/c1-7-3-2-4-8(5-7)6-9(11)14-10(12)13/h2-5,11H,6H2,1H3,(H,12,13). The Kier molecular flexibility index (Phi) is 3.23. The summed E-state index contributed by atoms with van der Waals surface area (Å²) in [4.78, 5) is 10.1. The van der Waals surface area contributed by atoms with E-state index in [2.05, 4.69) is 4.74 Å². The van der Waals surface area contributed by atoms with Crippen LogP contribution in [-0.4, -0.2) is 17.2 Å². The molecular weight excluding hydrogens is 182 g/mol. The van der Waals surface area contributed by atoms with E-state index in [-0.39, 0.29) is 12.3 Å². The van der Waals surface area contributed by atoms with Gasteiger partial charge in [0, 0.05) is 6.42 Å². The molecule has 0 heterocycles. The lowest BCUT2D eigenvalue weighted by Crippen LogP contribution is -2.11. The van der Waals surface area contributed by atoms with Crippen molar-refractivity contribution in [3.8, 4) is 0 Å². The van der Waals surface area contributed by atoms with Gasteiger partial charge in [-0.25, -0.2) is 4.79 Å². The number of hydrogen-bond donors (Lipinski definition) is 2. The van der Waals surface area contributed by atoms with Gasteiger partial charge in [-0.3, -0.25) is 5.41 Å². The van der Waals surface area contributed by atoms with E-state index in [1.54, 1.807) is 0 Å². The summed E-state index contributed by atoms with van der Waals surface area (Å²) in [6, 6.07) is 7.51. The van der Waals surface area contributed by atoms with Crippen LogP contribution in [0, 0.1) is 12.3 Å². The average molecular weight is 193 g/mol. The largest absolute Gasteiger partial charge is 0.512 e. The molecule has 0 amide bonds. The summed E-state index contributed by atoms with van der Waals surface area (Å²) >= 11 is 0. The van der Waals surface area contributed by atoms with Gasteiger partial charge in [0.15, 0.2) is 5.90 Å². The molecule has 0 spiro atoms. The fourth-order valence-electron chi connectivity index (χ4n) is 1.15. The third-order valence-corrected chi connectivity index (χ3v) is 1.66. The molecule has 14 heavy (non-hydrogen) atoms. The molecule has 0 saturated heterocycles. The minimum Gasteiger partial charge on any atom is -0.449 e. The minimum absolute atomic E-state index is 0.202. The van der Waals surface area contributed by atoms with Gasteiger partial charge in [-0.2, -0.15) is 0 Å². The molecule has 0 fully saturated rings. The third-order valence-electron chi connectivity index (χ3n) is 1.66. The van der Waals surface area contributed by atoms with Crippen molar-refractivity contribution in [3.63, 3.8) is 0 Å². The van der Waals surface area contributed by atoms with Crippen LogP contribution in [0.3, 0.4) is 0 Å². The first-order valence-corrected chi connectivity index (χ1v) is 4.11. The Morgan fingerprint density at radius 2 is 2.29 bits per heavy atom. The highest BCUT2D eigenvalue weighted by molar-refractivity contribution is 5.84. The second-order valence-corrected chi connectivity index (χ2v) is 2.96. The minimum atomic E-state index is -1.44. The molecule has 1 aromatic rings. The SMILES string of the molecule is Cc1cccc(CC(=N)OC(=O)O)c1.